The van der Waals surface area contributed by atoms with E-state index in [1.165, 1.54) is 0 Å². The van der Waals surface area contributed by atoms with Gasteiger partial charge < -0.3 is 10.4 Å². The highest BCUT2D eigenvalue weighted by molar-refractivity contribution is 9.10. The van der Waals surface area contributed by atoms with Crippen LogP contribution >= 0.6 is 15.9 Å². The van der Waals surface area contributed by atoms with Gasteiger partial charge in [0, 0.05) is 16.2 Å². The molecular weight excluding hydrogens is 308 g/mol. The van der Waals surface area contributed by atoms with Gasteiger partial charge in [-0.2, -0.15) is 5.26 Å². The zero-order valence-corrected chi connectivity index (χ0v) is 12.0. The van der Waals surface area contributed by atoms with Crippen molar-refractivity contribution in [1.82, 2.24) is 0 Å². The molecule has 4 nitrogen and oxygen atoms in total. The Labute approximate surface area is 120 Å². The van der Waals surface area contributed by atoms with Gasteiger partial charge in [0.1, 0.15) is 6.07 Å². The Balaban J connectivity index is 2.03. The first kappa shape index (κ1) is 13.9. The first-order valence-electron chi connectivity index (χ1n) is 6.29. The number of hydrogen-bond acceptors (Lipinski definition) is 3. The molecule has 1 aromatic carbocycles. The van der Waals surface area contributed by atoms with Gasteiger partial charge in [0.2, 0.25) is 0 Å². The van der Waals surface area contributed by atoms with Crippen LogP contribution in [0.5, 0.6) is 0 Å². The number of carboxylic acids is 1. The van der Waals surface area contributed by atoms with Gasteiger partial charge in [0.15, 0.2) is 0 Å². The lowest BCUT2D eigenvalue weighted by Crippen LogP contribution is -2.30. The van der Waals surface area contributed by atoms with Crippen molar-refractivity contribution >= 4 is 27.6 Å². The van der Waals surface area contributed by atoms with Gasteiger partial charge in [0.05, 0.1) is 11.5 Å². The van der Waals surface area contributed by atoms with Crippen LogP contribution in [0.2, 0.25) is 0 Å². The van der Waals surface area contributed by atoms with Crippen LogP contribution in [0, 0.1) is 17.2 Å². The fourth-order valence-corrected chi connectivity index (χ4v) is 2.94. The number of nitrogens with one attached hydrogen (secondary N) is 1. The predicted octanol–water partition coefficient (Wildman–Crippen LogP) is 3.38. The highest BCUT2D eigenvalue weighted by Gasteiger charge is 2.26. The van der Waals surface area contributed by atoms with Crippen molar-refractivity contribution in [3.8, 4) is 6.07 Å². The number of aliphatic carboxylic acids is 1. The zero-order chi connectivity index (χ0) is 13.8. The second-order valence-corrected chi connectivity index (χ2v) is 5.70. The molecule has 5 heteroatoms. The number of benzene rings is 1. The maximum Gasteiger partial charge on any atom is 0.306 e. The van der Waals surface area contributed by atoms with E-state index in [0.717, 1.165) is 29.4 Å². The molecule has 0 saturated heterocycles. The number of carboxylic acid groups (broad SMARTS) is 1. The molecule has 1 saturated carbocycles. The molecule has 0 spiro atoms. The average Bonchev–Trinajstić information content (AvgIpc) is 2.39. The number of nitriles is 1. The molecule has 0 radical (unpaired) electrons. The van der Waals surface area contributed by atoms with E-state index in [0.29, 0.717) is 12.0 Å². The van der Waals surface area contributed by atoms with Gasteiger partial charge in [-0.3, -0.25) is 4.79 Å². The molecule has 19 heavy (non-hydrogen) atoms. The molecule has 100 valence electrons. The summed E-state index contributed by atoms with van der Waals surface area (Å²) in [5.41, 5.74) is 1.51. The molecular formula is C14H15BrN2O2. The summed E-state index contributed by atoms with van der Waals surface area (Å²) in [5.74, 6) is -0.944. The van der Waals surface area contributed by atoms with Crippen molar-refractivity contribution in [2.24, 2.45) is 5.92 Å². The minimum Gasteiger partial charge on any atom is -0.481 e. The van der Waals surface area contributed by atoms with Crippen LogP contribution in [0.3, 0.4) is 0 Å². The fourth-order valence-electron chi connectivity index (χ4n) is 2.48. The highest BCUT2D eigenvalue weighted by Crippen LogP contribution is 2.28. The molecule has 1 aliphatic carbocycles. The molecule has 0 aliphatic heterocycles. The first-order chi connectivity index (χ1) is 9.10. The minimum absolute atomic E-state index is 0.190. The van der Waals surface area contributed by atoms with Crippen LogP contribution in [0.25, 0.3) is 0 Å². The van der Waals surface area contributed by atoms with Gasteiger partial charge >= 0.3 is 5.97 Å². The molecule has 0 bridgehead atoms. The maximum absolute atomic E-state index is 11.0. The molecule has 0 amide bonds. The number of anilines is 1. The standard InChI is InChI=1S/C14H15BrN2O2/c15-13-7-12(5-4-10(13)8-16)17-11-3-1-2-9(6-11)14(18)19/h4-5,7,9,11,17H,1-3,6H2,(H,18,19). The molecule has 1 aromatic rings. The Morgan fingerprint density at radius 1 is 1.47 bits per heavy atom. The maximum atomic E-state index is 11.0. The SMILES string of the molecule is N#Cc1ccc(NC2CCCC(C(=O)O)C2)cc1Br. The van der Waals surface area contributed by atoms with Gasteiger partial charge in [-0.25, -0.2) is 0 Å². The van der Waals surface area contributed by atoms with Gasteiger partial charge in [-0.1, -0.05) is 6.42 Å². The van der Waals surface area contributed by atoms with Crippen LogP contribution < -0.4 is 5.32 Å². The average molecular weight is 323 g/mol. The summed E-state index contributed by atoms with van der Waals surface area (Å²) in [4.78, 5) is 11.0. The number of hydrogen-bond donors (Lipinski definition) is 2. The third kappa shape index (κ3) is 3.48. The molecule has 2 unspecified atom stereocenters. The molecule has 0 heterocycles. The van der Waals surface area contributed by atoms with E-state index in [-0.39, 0.29) is 12.0 Å². The summed E-state index contributed by atoms with van der Waals surface area (Å²) < 4.78 is 0.755. The number of carbonyl (C=O) groups is 1. The van der Waals surface area contributed by atoms with Gasteiger partial charge in [0.25, 0.3) is 0 Å². The van der Waals surface area contributed by atoms with Crippen molar-refractivity contribution in [1.29, 1.82) is 5.26 Å². The molecule has 0 aromatic heterocycles. The summed E-state index contributed by atoms with van der Waals surface area (Å²) in [7, 11) is 0. The predicted molar refractivity (Wildman–Crippen MR) is 75.9 cm³/mol. The topological polar surface area (TPSA) is 73.1 Å². The summed E-state index contributed by atoms with van der Waals surface area (Å²) >= 11 is 3.35. The zero-order valence-electron chi connectivity index (χ0n) is 10.4. The summed E-state index contributed by atoms with van der Waals surface area (Å²) in [5, 5.41) is 21.3. The van der Waals surface area contributed by atoms with E-state index < -0.39 is 5.97 Å². The van der Waals surface area contributed by atoms with E-state index >= 15 is 0 Å². The van der Waals surface area contributed by atoms with Crippen molar-refractivity contribution in [2.75, 3.05) is 5.32 Å². The van der Waals surface area contributed by atoms with Gasteiger partial charge in [-0.05, 0) is 53.4 Å². The molecule has 2 atom stereocenters. The van der Waals surface area contributed by atoms with Crippen molar-refractivity contribution in [2.45, 2.75) is 31.7 Å². The van der Waals surface area contributed by atoms with Crippen molar-refractivity contribution < 1.29 is 9.90 Å². The largest absolute Gasteiger partial charge is 0.481 e. The van der Waals surface area contributed by atoms with Crippen LogP contribution in [0.1, 0.15) is 31.2 Å². The van der Waals surface area contributed by atoms with Crippen molar-refractivity contribution in [3.05, 3.63) is 28.2 Å². The highest BCUT2D eigenvalue weighted by atomic mass is 79.9. The Kier molecular flexibility index (Phi) is 4.43. The summed E-state index contributed by atoms with van der Waals surface area (Å²) in [6.07, 6.45) is 3.35. The number of halogens is 1. The van der Waals surface area contributed by atoms with Crippen molar-refractivity contribution in [3.63, 3.8) is 0 Å². The Hall–Kier alpha value is -1.54. The second-order valence-electron chi connectivity index (χ2n) is 4.85. The lowest BCUT2D eigenvalue weighted by Gasteiger charge is -2.28. The summed E-state index contributed by atoms with van der Waals surface area (Å²) in [6.45, 7) is 0. The normalized spacial score (nSPS) is 22.5. The Morgan fingerprint density at radius 3 is 2.89 bits per heavy atom. The number of nitrogens with zero attached hydrogens (tertiary/aromatic N) is 1. The smallest absolute Gasteiger partial charge is 0.306 e. The lowest BCUT2D eigenvalue weighted by molar-refractivity contribution is -0.142. The molecule has 1 fully saturated rings. The quantitative estimate of drug-likeness (QED) is 0.894. The van der Waals surface area contributed by atoms with Gasteiger partial charge in [-0.15, -0.1) is 0 Å². The molecule has 1 aliphatic rings. The first-order valence-corrected chi connectivity index (χ1v) is 7.08. The monoisotopic (exact) mass is 322 g/mol. The minimum atomic E-state index is -0.701. The Morgan fingerprint density at radius 2 is 2.26 bits per heavy atom. The second kappa shape index (κ2) is 6.07. The van der Waals surface area contributed by atoms with Crippen LogP contribution in [-0.4, -0.2) is 17.1 Å². The Bertz CT molecular complexity index is 525. The third-order valence-electron chi connectivity index (χ3n) is 3.48. The summed E-state index contributed by atoms with van der Waals surface area (Å²) in [6, 6.07) is 7.76. The van der Waals surface area contributed by atoms with E-state index in [1.54, 1.807) is 6.07 Å². The number of rotatable bonds is 3. The third-order valence-corrected chi connectivity index (χ3v) is 4.14. The van der Waals surface area contributed by atoms with E-state index in [2.05, 4.69) is 27.3 Å². The van der Waals surface area contributed by atoms with E-state index in [4.69, 9.17) is 10.4 Å². The lowest BCUT2D eigenvalue weighted by atomic mass is 9.85. The van der Waals surface area contributed by atoms with Crippen LogP contribution in [0.4, 0.5) is 5.69 Å². The van der Waals surface area contributed by atoms with E-state index in [1.807, 2.05) is 12.1 Å². The van der Waals surface area contributed by atoms with Crippen LogP contribution in [-0.2, 0) is 4.79 Å². The van der Waals surface area contributed by atoms with Crippen LogP contribution in [0.15, 0.2) is 22.7 Å². The molecule has 2 N–H and O–H groups in total. The fraction of sp³-hybridized carbons (Fsp3) is 0.429. The van der Waals surface area contributed by atoms with E-state index in [9.17, 15) is 4.79 Å². The molecule has 2 rings (SSSR count).